The van der Waals surface area contributed by atoms with E-state index in [2.05, 4.69) is 4.98 Å². The number of alkyl halides is 3. The van der Waals surface area contributed by atoms with E-state index in [-0.39, 0.29) is 5.92 Å². The number of pyridine rings is 1. The van der Waals surface area contributed by atoms with Gasteiger partial charge in [-0.1, -0.05) is 6.92 Å². The zero-order valence-corrected chi connectivity index (χ0v) is 9.70. The van der Waals surface area contributed by atoms with Crippen LogP contribution >= 0.6 is 0 Å². The van der Waals surface area contributed by atoms with E-state index in [1.807, 2.05) is 0 Å². The van der Waals surface area contributed by atoms with Crippen LogP contribution in [0.1, 0.15) is 29.3 Å². The minimum Gasteiger partial charge on any atom is -0.370 e. The average Bonchev–Trinajstić information content (AvgIpc) is 2.73. The maximum atomic E-state index is 12.8. The first-order valence-corrected chi connectivity index (χ1v) is 5.58. The summed E-state index contributed by atoms with van der Waals surface area (Å²) in [5.74, 6) is -0.709. The molecule has 0 aliphatic carbocycles. The van der Waals surface area contributed by atoms with Gasteiger partial charge in [-0.15, -0.1) is 0 Å². The molecule has 1 aliphatic heterocycles. The average molecular weight is 259 g/mol. The second-order valence-corrected chi connectivity index (χ2v) is 4.34. The van der Waals surface area contributed by atoms with E-state index >= 15 is 0 Å². The van der Waals surface area contributed by atoms with Gasteiger partial charge in [-0.05, 0) is 18.4 Å². The van der Waals surface area contributed by atoms with E-state index in [9.17, 15) is 18.0 Å². The van der Waals surface area contributed by atoms with Gasteiger partial charge in [-0.2, -0.15) is 13.2 Å². The van der Waals surface area contributed by atoms with Crippen LogP contribution in [0.5, 0.6) is 0 Å². The molecule has 0 spiro atoms. The maximum absolute atomic E-state index is 12.8. The topological polar surface area (TPSA) is 39.2 Å². The number of nitrogens with zero attached hydrogens (tertiary/aromatic N) is 1. The van der Waals surface area contributed by atoms with Gasteiger partial charge in [0.25, 0.3) is 0 Å². The summed E-state index contributed by atoms with van der Waals surface area (Å²) in [5, 5.41) is 0. The predicted octanol–water partition coefficient (Wildman–Crippen LogP) is 2.71. The Bertz CT molecular complexity index is 459. The van der Waals surface area contributed by atoms with Crippen molar-refractivity contribution in [2.45, 2.75) is 25.6 Å². The third-order valence-electron chi connectivity index (χ3n) is 3.04. The van der Waals surface area contributed by atoms with Crippen LogP contribution < -0.4 is 0 Å². The van der Waals surface area contributed by atoms with Crippen molar-refractivity contribution in [3.05, 3.63) is 29.6 Å². The highest BCUT2D eigenvalue weighted by Gasteiger charge is 2.39. The Kier molecular flexibility index (Phi) is 3.38. The molecule has 0 amide bonds. The van der Waals surface area contributed by atoms with E-state index in [4.69, 9.17) is 4.74 Å². The van der Waals surface area contributed by atoms with E-state index in [0.29, 0.717) is 13.0 Å². The van der Waals surface area contributed by atoms with Crippen molar-refractivity contribution in [1.29, 1.82) is 0 Å². The lowest BCUT2D eigenvalue weighted by Gasteiger charge is -2.16. The summed E-state index contributed by atoms with van der Waals surface area (Å²) < 4.78 is 43.5. The first kappa shape index (κ1) is 13.0. The molecule has 2 rings (SSSR count). The lowest BCUT2D eigenvalue weighted by atomic mass is 9.94. The molecule has 1 aliphatic rings. The highest BCUT2D eigenvalue weighted by atomic mass is 19.4. The van der Waals surface area contributed by atoms with Gasteiger partial charge < -0.3 is 4.74 Å². The van der Waals surface area contributed by atoms with E-state index in [0.717, 1.165) is 18.5 Å². The van der Waals surface area contributed by atoms with Crippen molar-refractivity contribution in [1.82, 2.24) is 4.98 Å². The Labute approximate surface area is 102 Å². The highest BCUT2D eigenvalue weighted by Crippen LogP contribution is 2.33. The van der Waals surface area contributed by atoms with E-state index in [1.165, 1.54) is 0 Å². The van der Waals surface area contributed by atoms with Crippen LogP contribution in [0.3, 0.4) is 0 Å². The highest BCUT2D eigenvalue weighted by molar-refractivity contribution is 6.01. The summed E-state index contributed by atoms with van der Waals surface area (Å²) in [6.45, 7) is 2.19. The van der Waals surface area contributed by atoms with Gasteiger partial charge in [-0.3, -0.25) is 9.78 Å². The van der Waals surface area contributed by atoms with Gasteiger partial charge in [0.1, 0.15) is 6.10 Å². The largest absolute Gasteiger partial charge is 0.417 e. The second-order valence-electron chi connectivity index (χ2n) is 4.34. The molecule has 98 valence electrons. The van der Waals surface area contributed by atoms with Crippen LogP contribution in [0.25, 0.3) is 0 Å². The lowest BCUT2D eigenvalue weighted by molar-refractivity contribution is -0.138. The van der Waals surface area contributed by atoms with Gasteiger partial charge in [0.05, 0.1) is 11.1 Å². The van der Waals surface area contributed by atoms with Crippen LogP contribution in [-0.4, -0.2) is 23.5 Å². The molecular weight excluding hydrogens is 247 g/mol. The van der Waals surface area contributed by atoms with E-state index < -0.39 is 29.2 Å². The van der Waals surface area contributed by atoms with E-state index in [1.54, 1.807) is 6.92 Å². The molecule has 6 heteroatoms. The monoisotopic (exact) mass is 259 g/mol. The fourth-order valence-corrected chi connectivity index (χ4v) is 2.02. The van der Waals surface area contributed by atoms with Crippen molar-refractivity contribution >= 4 is 5.78 Å². The van der Waals surface area contributed by atoms with Gasteiger partial charge in [0.15, 0.2) is 5.78 Å². The predicted molar refractivity (Wildman–Crippen MR) is 57.1 cm³/mol. The Morgan fingerprint density at radius 3 is 2.78 bits per heavy atom. The van der Waals surface area contributed by atoms with Crippen LogP contribution in [0.4, 0.5) is 13.2 Å². The van der Waals surface area contributed by atoms with Crippen molar-refractivity contribution in [2.24, 2.45) is 5.92 Å². The first-order chi connectivity index (χ1) is 8.41. The van der Waals surface area contributed by atoms with Crippen molar-refractivity contribution in [3.63, 3.8) is 0 Å². The number of aromatic nitrogens is 1. The third-order valence-corrected chi connectivity index (χ3v) is 3.04. The standard InChI is InChI=1S/C12H12F3NO2/c1-7-3-5-18-11(7)10(17)8-6-16-4-2-9(8)12(13,14)15/h2,4,6-7,11H,3,5H2,1H3. The first-order valence-electron chi connectivity index (χ1n) is 5.58. The normalized spacial score (nSPS) is 24.2. The smallest absolute Gasteiger partial charge is 0.370 e. The quantitative estimate of drug-likeness (QED) is 0.766. The third kappa shape index (κ3) is 2.38. The minimum absolute atomic E-state index is 0.0706. The minimum atomic E-state index is -4.56. The fraction of sp³-hybridized carbons (Fsp3) is 0.500. The molecule has 0 N–H and O–H groups in total. The summed E-state index contributed by atoms with van der Waals surface area (Å²) in [7, 11) is 0. The number of rotatable bonds is 2. The zero-order chi connectivity index (χ0) is 13.3. The fourth-order valence-electron chi connectivity index (χ4n) is 2.02. The summed E-state index contributed by atoms with van der Waals surface area (Å²) >= 11 is 0. The van der Waals surface area contributed by atoms with Gasteiger partial charge >= 0.3 is 6.18 Å². The molecule has 0 radical (unpaired) electrons. The Balaban J connectivity index is 2.36. The molecule has 0 aromatic carbocycles. The number of carbonyl (C=O) groups is 1. The van der Waals surface area contributed by atoms with Crippen LogP contribution in [-0.2, 0) is 10.9 Å². The molecule has 1 aromatic rings. The number of Topliss-reactive ketones (excluding diaryl/α,β-unsaturated/α-hetero) is 1. The number of ether oxygens (including phenoxy) is 1. The van der Waals surface area contributed by atoms with Crippen molar-refractivity contribution < 1.29 is 22.7 Å². The molecule has 0 saturated carbocycles. The van der Waals surface area contributed by atoms with Crippen LogP contribution in [0.2, 0.25) is 0 Å². The molecule has 18 heavy (non-hydrogen) atoms. The summed E-state index contributed by atoms with van der Waals surface area (Å²) in [5.41, 5.74) is -1.37. The Morgan fingerprint density at radius 1 is 1.50 bits per heavy atom. The van der Waals surface area contributed by atoms with Gasteiger partial charge in [0, 0.05) is 19.0 Å². The number of hydrogen-bond donors (Lipinski definition) is 0. The molecular formula is C12H12F3NO2. The second kappa shape index (κ2) is 4.68. The zero-order valence-electron chi connectivity index (χ0n) is 9.70. The van der Waals surface area contributed by atoms with Crippen molar-refractivity contribution in [3.8, 4) is 0 Å². The number of ketones is 1. The summed E-state index contributed by atoms with van der Waals surface area (Å²) in [6.07, 6.45) is -2.69. The number of hydrogen-bond acceptors (Lipinski definition) is 3. The number of halogens is 3. The maximum Gasteiger partial charge on any atom is 0.417 e. The molecule has 2 atom stereocenters. The SMILES string of the molecule is CC1CCOC1C(=O)c1cnccc1C(F)(F)F. The molecule has 0 bridgehead atoms. The summed E-state index contributed by atoms with van der Waals surface area (Å²) in [6, 6.07) is 0.812. The molecule has 3 nitrogen and oxygen atoms in total. The molecule has 1 aromatic heterocycles. The Morgan fingerprint density at radius 2 is 2.22 bits per heavy atom. The van der Waals surface area contributed by atoms with Crippen LogP contribution in [0, 0.1) is 5.92 Å². The lowest BCUT2D eigenvalue weighted by Crippen LogP contribution is -2.27. The van der Waals surface area contributed by atoms with Crippen LogP contribution in [0.15, 0.2) is 18.5 Å². The molecule has 2 unspecified atom stereocenters. The van der Waals surface area contributed by atoms with Gasteiger partial charge in [-0.25, -0.2) is 0 Å². The molecule has 1 saturated heterocycles. The van der Waals surface area contributed by atoms with Gasteiger partial charge in [0.2, 0.25) is 0 Å². The van der Waals surface area contributed by atoms with Crippen molar-refractivity contribution in [2.75, 3.05) is 6.61 Å². The molecule has 1 fully saturated rings. The summed E-state index contributed by atoms with van der Waals surface area (Å²) in [4.78, 5) is 15.7. The Hall–Kier alpha value is -1.43. The molecule has 2 heterocycles. The number of carbonyl (C=O) groups excluding carboxylic acids is 1.